The SMILES string of the molecule is NCCC1CCCN(Cc2nccn2-c2ccccc2)C1. The summed E-state index contributed by atoms with van der Waals surface area (Å²) in [7, 11) is 0. The maximum absolute atomic E-state index is 5.71. The van der Waals surface area contributed by atoms with Gasteiger partial charge in [0.15, 0.2) is 0 Å². The van der Waals surface area contributed by atoms with Crippen LogP contribution in [-0.2, 0) is 6.54 Å². The summed E-state index contributed by atoms with van der Waals surface area (Å²) in [5, 5.41) is 0. The van der Waals surface area contributed by atoms with E-state index in [-0.39, 0.29) is 0 Å². The van der Waals surface area contributed by atoms with E-state index in [2.05, 4.69) is 38.7 Å². The number of likely N-dealkylation sites (tertiary alicyclic amines) is 1. The van der Waals surface area contributed by atoms with E-state index in [0.29, 0.717) is 0 Å². The first-order chi connectivity index (χ1) is 10.4. The number of imidazole rings is 1. The molecule has 3 rings (SSSR count). The quantitative estimate of drug-likeness (QED) is 0.917. The van der Waals surface area contributed by atoms with Crippen molar-refractivity contribution in [2.75, 3.05) is 19.6 Å². The van der Waals surface area contributed by atoms with Crippen LogP contribution >= 0.6 is 0 Å². The Labute approximate surface area is 126 Å². The molecule has 0 spiro atoms. The van der Waals surface area contributed by atoms with Gasteiger partial charge in [-0.2, -0.15) is 0 Å². The first kappa shape index (κ1) is 14.3. The third-order valence-corrected chi connectivity index (χ3v) is 4.29. The van der Waals surface area contributed by atoms with Crippen molar-refractivity contribution in [1.82, 2.24) is 14.5 Å². The molecule has 1 saturated heterocycles. The van der Waals surface area contributed by atoms with E-state index in [4.69, 9.17) is 5.73 Å². The summed E-state index contributed by atoms with van der Waals surface area (Å²) in [6.45, 7) is 4.04. The van der Waals surface area contributed by atoms with E-state index >= 15 is 0 Å². The lowest BCUT2D eigenvalue weighted by Crippen LogP contribution is -2.36. The average Bonchev–Trinajstić information content (AvgIpc) is 2.97. The third kappa shape index (κ3) is 3.52. The predicted molar refractivity (Wildman–Crippen MR) is 85.2 cm³/mol. The van der Waals surface area contributed by atoms with E-state index < -0.39 is 0 Å². The molecule has 1 aliphatic rings. The van der Waals surface area contributed by atoms with Gasteiger partial charge < -0.3 is 10.3 Å². The van der Waals surface area contributed by atoms with Crippen LogP contribution in [0.15, 0.2) is 42.7 Å². The number of benzene rings is 1. The minimum absolute atomic E-state index is 0.754. The molecule has 0 amide bonds. The zero-order valence-corrected chi connectivity index (χ0v) is 12.5. The van der Waals surface area contributed by atoms with E-state index in [1.54, 1.807) is 0 Å². The summed E-state index contributed by atoms with van der Waals surface area (Å²) in [4.78, 5) is 7.07. The molecule has 4 nitrogen and oxygen atoms in total. The molecule has 21 heavy (non-hydrogen) atoms. The number of nitrogens with two attached hydrogens (primary N) is 1. The van der Waals surface area contributed by atoms with Crippen molar-refractivity contribution in [2.24, 2.45) is 11.7 Å². The Morgan fingerprint density at radius 3 is 2.90 bits per heavy atom. The highest BCUT2D eigenvalue weighted by atomic mass is 15.2. The molecule has 112 valence electrons. The van der Waals surface area contributed by atoms with Gasteiger partial charge in [-0.05, 0) is 50.4 Å². The number of aromatic nitrogens is 2. The summed E-state index contributed by atoms with van der Waals surface area (Å²) in [5.41, 5.74) is 6.89. The van der Waals surface area contributed by atoms with E-state index in [1.165, 1.54) is 25.1 Å². The molecule has 1 unspecified atom stereocenters. The molecule has 0 saturated carbocycles. The first-order valence-corrected chi connectivity index (χ1v) is 7.87. The van der Waals surface area contributed by atoms with Crippen LogP contribution in [-0.4, -0.2) is 34.1 Å². The zero-order chi connectivity index (χ0) is 14.5. The molecule has 0 bridgehead atoms. The van der Waals surface area contributed by atoms with Crippen LogP contribution in [0.2, 0.25) is 0 Å². The summed E-state index contributed by atoms with van der Waals surface area (Å²) in [6.07, 6.45) is 7.68. The maximum atomic E-state index is 5.71. The highest BCUT2D eigenvalue weighted by molar-refractivity contribution is 5.32. The Bertz CT molecular complexity index is 547. The lowest BCUT2D eigenvalue weighted by Gasteiger charge is -2.32. The van der Waals surface area contributed by atoms with Crippen molar-refractivity contribution in [2.45, 2.75) is 25.8 Å². The fraction of sp³-hybridized carbons (Fsp3) is 0.471. The maximum Gasteiger partial charge on any atom is 0.127 e. The highest BCUT2D eigenvalue weighted by Crippen LogP contribution is 2.21. The van der Waals surface area contributed by atoms with Gasteiger partial charge in [0.2, 0.25) is 0 Å². The fourth-order valence-corrected chi connectivity index (χ4v) is 3.24. The lowest BCUT2D eigenvalue weighted by molar-refractivity contribution is 0.159. The van der Waals surface area contributed by atoms with Crippen LogP contribution in [0.5, 0.6) is 0 Å². The van der Waals surface area contributed by atoms with Crippen molar-refractivity contribution in [3.8, 4) is 5.69 Å². The summed E-state index contributed by atoms with van der Waals surface area (Å²) < 4.78 is 2.19. The number of hydrogen-bond donors (Lipinski definition) is 1. The Morgan fingerprint density at radius 2 is 2.10 bits per heavy atom. The monoisotopic (exact) mass is 284 g/mol. The minimum atomic E-state index is 0.754. The van der Waals surface area contributed by atoms with Gasteiger partial charge in [0.1, 0.15) is 5.82 Å². The van der Waals surface area contributed by atoms with Gasteiger partial charge in [0.25, 0.3) is 0 Å². The number of para-hydroxylation sites is 1. The lowest BCUT2D eigenvalue weighted by atomic mass is 9.95. The second-order valence-corrected chi connectivity index (χ2v) is 5.87. The summed E-state index contributed by atoms with van der Waals surface area (Å²) in [6, 6.07) is 10.4. The molecule has 1 aromatic carbocycles. The molecule has 1 aromatic heterocycles. The molecular weight excluding hydrogens is 260 g/mol. The molecule has 2 aromatic rings. The first-order valence-electron chi connectivity index (χ1n) is 7.87. The van der Waals surface area contributed by atoms with E-state index in [1.807, 2.05) is 18.5 Å². The molecule has 1 fully saturated rings. The van der Waals surface area contributed by atoms with Crippen LogP contribution < -0.4 is 5.73 Å². The largest absolute Gasteiger partial charge is 0.330 e. The Morgan fingerprint density at radius 1 is 1.24 bits per heavy atom. The molecule has 0 radical (unpaired) electrons. The average molecular weight is 284 g/mol. The van der Waals surface area contributed by atoms with Crippen molar-refractivity contribution < 1.29 is 0 Å². The molecule has 0 aliphatic carbocycles. The summed E-state index contributed by atoms with van der Waals surface area (Å²) >= 11 is 0. The number of hydrogen-bond acceptors (Lipinski definition) is 3. The van der Waals surface area contributed by atoms with Gasteiger partial charge in [-0.3, -0.25) is 4.90 Å². The highest BCUT2D eigenvalue weighted by Gasteiger charge is 2.20. The predicted octanol–water partition coefficient (Wildman–Crippen LogP) is 2.43. The molecule has 1 atom stereocenters. The fourth-order valence-electron chi connectivity index (χ4n) is 3.24. The van der Waals surface area contributed by atoms with Gasteiger partial charge in [-0.25, -0.2) is 4.98 Å². The third-order valence-electron chi connectivity index (χ3n) is 4.29. The van der Waals surface area contributed by atoms with Gasteiger partial charge in [0.05, 0.1) is 6.54 Å². The Kier molecular flexibility index (Phi) is 4.68. The minimum Gasteiger partial charge on any atom is -0.330 e. The number of piperidine rings is 1. The van der Waals surface area contributed by atoms with Gasteiger partial charge in [-0.1, -0.05) is 18.2 Å². The number of rotatable bonds is 5. The standard InChI is InChI=1S/C17H24N4/c18-9-8-15-5-4-11-20(13-15)14-17-19-10-12-21(17)16-6-2-1-3-7-16/h1-3,6-7,10,12,15H,4-5,8-9,11,13-14,18H2. The van der Waals surface area contributed by atoms with Crippen LogP contribution in [0.4, 0.5) is 0 Å². The second-order valence-electron chi connectivity index (χ2n) is 5.87. The van der Waals surface area contributed by atoms with Crippen molar-refractivity contribution in [1.29, 1.82) is 0 Å². The van der Waals surface area contributed by atoms with Crippen molar-refractivity contribution in [3.05, 3.63) is 48.5 Å². The van der Waals surface area contributed by atoms with Crippen molar-refractivity contribution in [3.63, 3.8) is 0 Å². The Hall–Kier alpha value is -1.65. The van der Waals surface area contributed by atoms with E-state index in [9.17, 15) is 0 Å². The smallest absolute Gasteiger partial charge is 0.127 e. The Balaban J connectivity index is 1.70. The van der Waals surface area contributed by atoms with Crippen molar-refractivity contribution >= 4 is 0 Å². The topological polar surface area (TPSA) is 47.1 Å². The molecule has 1 aliphatic heterocycles. The molecule has 2 N–H and O–H groups in total. The molecular formula is C17H24N4. The van der Waals surface area contributed by atoms with E-state index in [0.717, 1.165) is 37.8 Å². The normalized spacial score (nSPS) is 19.8. The van der Waals surface area contributed by atoms with Gasteiger partial charge >= 0.3 is 0 Å². The zero-order valence-electron chi connectivity index (χ0n) is 12.5. The van der Waals surface area contributed by atoms with Crippen LogP contribution in [0.3, 0.4) is 0 Å². The second kappa shape index (κ2) is 6.87. The van der Waals surface area contributed by atoms with Crippen LogP contribution in [0, 0.1) is 5.92 Å². The number of nitrogens with zero attached hydrogens (tertiary/aromatic N) is 3. The molecule has 2 heterocycles. The van der Waals surface area contributed by atoms with Crippen LogP contribution in [0.1, 0.15) is 25.1 Å². The van der Waals surface area contributed by atoms with Crippen LogP contribution in [0.25, 0.3) is 5.69 Å². The van der Waals surface area contributed by atoms with Gasteiger partial charge in [-0.15, -0.1) is 0 Å². The van der Waals surface area contributed by atoms with Gasteiger partial charge in [0, 0.05) is 24.6 Å². The summed E-state index contributed by atoms with van der Waals surface area (Å²) in [5.74, 6) is 1.87. The molecule has 4 heteroatoms.